The van der Waals surface area contributed by atoms with E-state index in [1.54, 1.807) is 20.8 Å². The van der Waals surface area contributed by atoms with Crippen LogP contribution in [0.4, 0.5) is 0 Å². The number of hydrogen-bond donors (Lipinski definition) is 3. The third-order valence-corrected chi connectivity index (χ3v) is 2.87. The third-order valence-electron chi connectivity index (χ3n) is 2.87. The van der Waals surface area contributed by atoms with Gasteiger partial charge in [-0.2, -0.15) is 0 Å². The van der Waals surface area contributed by atoms with Gasteiger partial charge >= 0.3 is 11.9 Å². The minimum Gasteiger partial charge on any atom is -0.480 e. The van der Waals surface area contributed by atoms with E-state index in [0.717, 1.165) is 0 Å². The van der Waals surface area contributed by atoms with Crippen LogP contribution >= 0.6 is 0 Å². The Hall–Kier alpha value is -1.67. The van der Waals surface area contributed by atoms with E-state index in [0.29, 0.717) is 0 Å². The van der Waals surface area contributed by atoms with Crippen molar-refractivity contribution in [1.29, 1.82) is 0 Å². The van der Waals surface area contributed by atoms with Crippen LogP contribution in [0.5, 0.6) is 0 Å². The fraction of sp³-hybridized carbons (Fsp3) is 0.769. The summed E-state index contributed by atoms with van der Waals surface area (Å²) in [5, 5.41) is 11.4. The predicted molar refractivity (Wildman–Crippen MR) is 72.3 cm³/mol. The van der Waals surface area contributed by atoms with Gasteiger partial charge in [0.15, 0.2) is 0 Å². The quantitative estimate of drug-likeness (QED) is 0.571. The third kappa shape index (κ3) is 5.68. The van der Waals surface area contributed by atoms with Gasteiger partial charge in [0.25, 0.3) is 0 Å². The van der Waals surface area contributed by atoms with E-state index < -0.39 is 47.9 Å². The molecule has 1 aliphatic heterocycles. The van der Waals surface area contributed by atoms with Gasteiger partial charge in [-0.25, -0.2) is 4.79 Å². The monoisotopic (exact) mass is 302 g/mol. The summed E-state index contributed by atoms with van der Waals surface area (Å²) in [5.74, 6) is -3.13. The molecule has 3 atom stereocenters. The first-order valence-corrected chi connectivity index (χ1v) is 6.68. The molecule has 0 saturated carbocycles. The van der Waals surface area contributed by atoms with Crippen LogP contribution in [-0.4, -0.2) is 53.9 Å². The number of carboxylic acids is 1. The molecule has 0 aliphatic carbocycles. The maximum atomic E-state index is 12.0. The summed E-state index contributed by atoms with van der Waals surface area (Å²) in [6.45, 7) is 5.42. The number of rotatable bonds is 5. The molecule has 1 fully saturated rings. The molecular formula is C13H22N2O6. The van der Waals surface area contributed by atoms with E-state index in [9.17, 15) is 14.4 Å². The molecule has 1 amide bonds. The van der Waals surface area contributed by atoms with Gasteiger partial charge in [-0.1, -0.05) is 0 Å². The zero-order chi connectivity index (χ0) is 16.2. The second kappa shape index (κ2) is 6.86. The molecule has 1 aliphatic rings. The fourth-order valence-corrected chi connectivity index (χ4v) is 1.87. The fourth-order valence-electron chi connectivity index (χ4n) is 1.87. The number of carbonyl (C=O) groups is 3. The Morgan fingerprint density at radius 1 is 1.38 bits per heavy atom. The van der Waals surface area contributed by atoms with Crippen LogP contribution < -0.4 is 11.1 Å². The van der Waals surface area contributed by atoms with Gasteiger partial charge in [0.2, 0.25) is 5.91 Å². The first kappa shape index (κ1) is 17.4. The highest BCUT2D eigenvalue weighted by Gasteiger charge is 2.34. The molecule has 1 rings (SSSR count). The summed E-state index contributed by atoms with van der Waals surface area (Å²) in [7, 11) is 0. The number of hydrogen-bond acceptors (Lipinski definition) is 6. The van der Waals surface area contributed by atoms with Crippen molar-refractivity contribution < 1.29 is 29.0 Å². The number of nitrogens with one attached hydrogen (secondary N) is 1. The number of carbonyl (C=O) groups excluding carboxylic acids is 2. The van der Waals surface area contributed by atoms with E-state index in [-0.39, 0.29) is 13.2 Å². The normalized spacial score (nSPS) is 23.4. The van der Waals surface area contributed by atoms with Crippen molar-refractivity contribution in [3.63, 3.8) is 0 Å². The highest BCUT2D eigenvalue weighted by molar-refractivity contribution is 5.88. The lowest BCUT2D eigenvalue weighted by Crippen LogP contribution is -2.49. The molecule has 0 bridgehead atoms. The summed E-state index contributed by atoms with van der Waals surface area (Å²) in [4.78, 5) is 34.8. The van der Waals surface area contributed by atoms with Crippen molar-refractivity contribution in [3.05, 3.63) is 0 Å². The molecule has 8 nitrogen and oxygen atoms in total. The molecule has 4 N–H and O–H groups in total. The van der Waals surface area contributed by atoms with Crippen LogP contribution in [-0.2, 0) is 23.9 Å². The van der Waals surface area contributed by atoms with Crippen LogP contribution in [0.3, 0.4) is 0 Å². The van der Waals surface area contributed by atoms with Gasteiger partial charge in [0.05, 0.1) is 25.6 Å². The average molecular weight is 302 g/mol. The first-order chi connectivity index (χ1) is 9.60. The maximum absolute atomic E-state index is 12.0. The van der Waals surface area contributed by atoms with Crippen LogP contribution in [0.15, 0.2) is 0 Å². The van der Waals surface area contributed by atoms with Gasteiger partial charge in [0, 0.05) is 6.04 Å². The highest BCUT2D eigenvalue weighted by Crippen LogP contribution is 2.13. The zero-order valence-corrected chi connectivity index (χ0v) is 12.4. The number of aliphatic carboxylic acids is 1. The first-order valence-electron chi connectivity index (χ1n) is 6.68. The Morgan fingerprint density at radius 3 is 2.43 bits per heavy atom. The molecule has 0 aromatic carbocycles. The molecule has 0 spiro atoms. The number of carboxylic acid groups (broad SMARTS) is 1. The molecule has 8 heteroatoms. The SMILES string of the molecule is CC(C)(C)OC(=O)C[C@H](NC(=O)C1COCC1N)C(=O)O. The molecule has 0 aromatic heterocycles. The topological polar surface area (TPSA) is 128 Å². The van der Waals surface area contributed by atoms with Crippen molar-refractivity contribution in [2.75, 3.05) is 13.2 Å². The lowest BCUT2D eigenvalue weighted by Gasteiger charge is -2.22. The van der Waals surface area contributed by atoms with Gasteiger partial charge in [-0.05, 0) is 20.8 Å². The minimum absolute atomic E-state index is 0.145. The molecule has 2 unspecified atom stereocenters. The molecular weight excluding hydrogens is 280 g/mol. The summed E-state index contributed by atoms with van der Waals surface area (Å²) in [6.07, 6.45) is -0.443. The molecule has 1 heterocycles. The predicted octanol–water partition coefficient (Wildman–Crippen LogP) is -0.739. The number of esters is 1. The van der Waals surface area contributed by atoms with Crippen molar-refractivity contribution in [3.8, 4) is 0 Å². The summed E-state index contributed by atoms with van der Waals surface area (Å²) in [5.41, 5.74) is 4.97. The van der Waals surface area contributed by atoms with Gasteiger partial charge in [-0.3, -0.25) is 9.59 Å². The highest BCUT2D eigenvalue weighted by atomic mass is 16.6. The molecule has 0 aromatic rings. The summed E-state index contributed by atoms with van der Waals surface area (Å²) in [6, 6.07) is -1.82. The second-order valence-corrected chi connectivity index (χ2v) is 6.00. The molecule has 120 valence electrons. The van der Waals surface area contributed by atoms with Crippen molar-refractivity contribution in [2.45, 2.75) is 44.9 Å². The molecule has 0 radical (unpaired) electrons. The Balaban J connectivity index is 2.59. The van der Waals surface area contributed by atoms with E-state index in [2.05, 4.69) is 5.32 Å². The Bertz CT molecular complexity index is 417. The Morgan fingerprint density at radius 2 is 2.00 bits per heavy atom. The largest absolute Gasteiger partial charge is 0.480 e. The number of amides is 1. The lowest BCUT2D eigenvalue weighted by atomic mass is 10.0. The summed E-state index contributed by atoms with van der Waals surface area (Å²) < 4.78 is 10.1. The average Bonchev–Trinajstić information content (AvgIpc) is 2.71. The second-order valence-electron chi connectivity index (χ2n) is 6.00. The zero-order valence-electron chi connectivity index (χ0n) is 12.4. The van der Waals surface area contributed by atoms with Crippen LogP contribution in [0.25, 0.3) is 0 Å². The molecule has 1 saturated heterocycles. The van der Waals surface area contributed by atoms with Crippen LogP contribution in [0, 0.1) is 5.92 Å². The Kier molecular flexibility index (Phi) is 5.68. The van der Waals surface area contributed by atoms with Gasteiger partial charge < -0.3 is 25.6 Å². The number of nitrogens with two attached hydrogens (primary N) is 1. The minimum atomic E-state index is -1.35. The lowest BCUT2D eigenvalue weighted by molar-refractivity contribution is -0.158. The Labute approximate surface area is 123 Å². The smallest absolute Gasteiger partial charge is 0.326 e. The number of ether oxygens (including phenoxy) is 2. The van der Waals surface area contributed by atoms with Gasteiger partial charge in [0.1, 0.15) is 11.6 Å². The van der Waals surface area contributed by atoms with Gasteiger partial charge in [-0.15, -0.1) is 0 Å². The van der Waals surface area contributed by atoms with E-state index in [4.69, 9.17) is 20.3 Å². The summed E-state index contributed by atoms with van der Waals surface area (Å²) >= 11 is 0. The van der Waals surface area contributed by atoms with Crippen molar-refractivity contribution in [1.82, 2.24) is 5.32 Å². The van der Waals surface area contributed by atoms with E-state index >= 15 is 0 Å². The molecule has 21 heavy (non-hydrogen) atoms. The van der Waals surface area contributed by atoms with Crippen molar-refractivity contribution in [2.24, 2.45) is 11.7 Å². The van der Waals surface area contributed by atoms with E-state index in [1.165, 1.54) is 0 Å². The van der Waals surface area contributed by atoms with Crippen LogP contribution in [0.2, 0.25) is 0 Å². The van der Waals surface area contributed by atoms with E-state index in [1.807, 2.05) is 0 Å². The maximum Gasteiger partial charge on any atom is 0.326 e. The van der Waals surface area contributed by atoms with Crippen molar-refractivity contribution >= 4 is 17.8 Å². The standard InChI is InChI=1S/C13H22N2O6/c1-13(2,3)21-10(16)4-9(12(18)19)15-11(17)7-5-20-6-8(7)14/h7-9H,4-6,14H2,1-3H3,(H,15,17)(H,18,19)/t7?,8?,9-/m0/s1. The van der Waals surface area contributed by atoms with Crippen LogP contribution in [0.1, 0.15) is 27.2 Å².